The van der Waals surface area contributed by atoms with E-state index in [1.807, 2.05) is 6.07 Å². The van der Waals surface area contributed by atoms with Gasteiger partial charge in [-0.25, -0.2) is 4.98 Å². The van der Waals surface area contributed by atoms with E-state index < -0.39 is 0 Å². The third-order valence-electron chi connectivity index (χ3n) is 2.62. The minimum Gasteiger partial charge on any atom is -0.341 e. The molecule has 0 fully saturated rings. The first-order valence-electron chi connectivity index (χ1n) is 5.30. The summed E-state index contributed by atoms with van der Waals surface area (Å²) in [6.07, 6.45) is 0.982. The maximum atomic E-state index is 6.13. The highest BCUT2D eigenvalue weighted by Gasteiger charge is 2.11. The summed E-state index contributed by atoms with van der Waals surface area (Å²) >= 11 is 6.13. The summed E-state index contributed by atoms with van der Waals surface area (Å²) in [6.45, 7) is 6.38. The Kier molecular flexibility index (Phi) is 2.70. The summed E-state index contributed by atoms with van der Waals surface area (Å²) < 4.78 is 0. The number of imidazole rings is 1. The summed E-state index contributed by atoms with van der Waals surface area (Å²) in [5.41, 5.74) is 3.24. The average molecular weight is 223 g/mol. The van der Waals surface area contributed by atoms with Crippen LogP contribution in [0.3, 0.4) is 0 Å². The fourth-order valence-corrected chi connectivity index (χ4v) is 1.89. The lowest BCUT2D eigenvalue weighted by Crippen LogP contribution is -1.88. The molecule has 1 aromatic carbocycles. The molecule has 1 N–H and O–H groups in total. The molecule has 3 heteroatoms. The second-order valence-corrected chi connectivity index (χ2v) is 4.47. The van der Waals surface area contributed by atoms with Gasteiger partial charge in [0.05, 0.1) is 16.1 Å². The number of aromatic nitrogens is 2. The van der Waals surface area contributed by atoms with Crippen LogP contribution in [-0.4, -0.2) is 9.97 Å². The second-order valence-electron chi connectivity index (χ2n) is 4.06. The molecule has 0 spiro atoms. The number of halogens is 1. The molecule has 0 bridgehead atoms. The highest BCUT2D eigenvalue weighted by Crippen LogP contribution is 2.26. The Labute approximate surface area is 94.7 Å². The van der Waals surface area contributed by atoms with Crippen molar-refractivity contribution in [3.8, 4) is 0 Å². The standard InChI is InChI=1S/C12H15ClN2/c1-4-8-5-6-9(13)11-10(8)14-12(15-11)7(2)3/h5-7H,4H2,1-3H3,(H,14,15). The van der Waals surface area contributed by atoms with Crippen LogP contribution in [0.1, 0.15) is 38.1 Å². The minimum absolute atomic E-state index is 0.401. The Hall–Kier alpha value is -1.02. The van der Waals surface area contributed by atoms with E-state index in [2.05, 4.69) is 36.8 Å². The Bertz CT molecular complexity index is 486. The van der Waals surface area contributed by atoms with Crippen molar-refractivity contribution in [1.82, 2.24) is 9.97 Å². The number of fused-ring (bicyclic) bond motifs is 1. The van der Waals surface area contributed by atoms with E-state index in [9.17, 15) is 0 Å². The molecule has 2 aromatic rings. The molecule has 1 aromatic heterocycles. The number of aromatic amines is 1. The second kappa shape index (κ2) is 3.86. The van der Waals surface area contributed by atoms with Crippen molar-refractivity contribution in [3.63, 3.8) is 0 Å². The molecule has 0 unspecified atom stereocenters. The zero-order chi connectivity index (χ0) is 11.0. The first-order chi connectivity index (χ1) is 7.13. The lowest BCUT2D eigenvalue weighted by Gasteiger charge is -1.98. The summed E-state index contributed by atoms with van der Waals surface area (Å²) in [5.74, 6) is 1.41. The van der Waals surface area contributed by atoms with Crippen molar-refractivity contribution < 1.29 is 0 Å². The minimum atomic E-state index is 0.401. The third-order valence-corrected chi connectivity index (χ3v) is 2.94. The van der Waals surface area contributed by atoms with E-state index >= 15 is 0 Å². The molecular weight excluding hydrogens is 208 g/mol. The molecule has 1 heterocycles. The van der Waals surface area contributed by atoms with Gasteiger partial charge < -0.3 is 4.98 Å². The Morgan fingerprint density at radius 1 is 1.40 bits per heavy atom. The SMILES string of the molecule is CCc1ccc(Cl)c2[nH]c(C(C)C)nc12. The topological polar surface area (TPSA) is 28.7 Å². The fraction of sp³-hybridized carbons (Fsp3) is 0.417. The molecule has 0 aliphatic heterocycles. The number of hydrogen-bond acceptors (Lipinski definition) is 1. The highest BCUT2D eigenvalue weighted by atomic mass is 35.5. The molecule has 15 heavy (non-hydrogen) atoms. The van der Waals surface area contributed by atoms with Gasteiger partial charge in [-0.3, -0.25) is 0 Å². The number of benzene rings is 1. The molecule has 0 aliphatic carbocycles. The van der Waals surface area contributed by atoms with Gasteiger partial charge >= 0.3 is 0 Å². The van der Waals surface area contributed by atoms with Gasteiger partial charge in [0.15, 0.2) is 0 Å². The van der Waals surface area contributed by atoms with Crippen LogP contribution in [-0.2, 0) is 6.42 Å². The third kappa shape index (κ3) is 1.74. The lowest BCUT2D eigenvalue weighted by molar-refractivity contribution is 0.799. The Morgan fingerprint density at radius 3 is 2.73 bits per heavy atom. The number of aryl methyl sites for hydroxylation is 1. The highest BCUT2D eigenvalue weighted by molar-refractivity contribution is 6.35. The van der Waals surface area contributed by atoms with Crippen LogP contribution in [0.15, 0.2) is 12.1 Å². The van der Waals surface area contributed by atoms with Crippen LogP contribution >= 0.6 is 11.6 Å². The van der Waals surface area contributed by atoms with E-state index in [0.29, 0.717) is 5.92 Å². The van der Waals surface area contributed by atoms with Gasteiger partial charge in [-0.2, -0.15) is 0 Å². The maximum Gasteiger partial charge on any atom is 0.109 e. The van der Waals surface area contributed by atoms with Crippen molar-refractivity contribution in [2.45, 2.75) is 33.1 Å². The summed E-state index contributed by atoms with van der Waals surface area (Å²) in [5, 5.41) is 0.751. The van der Waals surface area contributed by atoms with Crippen molar-refractivity contribution in [3.05, 3.63) is 28.5 Å². The molecule has 0 saturated heterocycles. The monoisotopic (exact) mass is 222 g/mol. The summed E-state index contributed by atoms with van der Waals surface area (Å²) in [7, 11) is 0. The molecular formula is C12H15ClN2. The van der Waals surface area contributed by atoms with Crippen LogP contribution in [0.4, 0.5) is 0 Å². The zero-order valence-corrected chi connectivity index (χ0v) is 10.0. The van der Waals surface area contributed by atoms with Gasteiger partial charge in [0.1, 0.15) is 5.82 Å². The van der Waals surface area contributed by atoms with E-state index in [-0.39, 0.29) is 0 Å². The Morgan fingerprint density at radius 2 is 2.13 bits per heavy atom. The number of hydrogen-bond donors (Lipinski definition) is 1. The molecule has 0 saturated carbocycles. The molecule has 0 aliphatic rings. The van der Waals surface area contributed by atoms with Gasteiger partial charge in [-0.1, -0.05) is 38.4 Å². The summed E-state index contributed by atoms with van der Waals surface area (Å²) in [4.78, 5) is 7.90. The van der Waals surface area contributed by atoms with Gasteiger partial charge in [0, 0.05) is 5.92 Å². The average Bonchev–Trinajstić information content (AvgIpc) is 2.64. The zero-order valence-electron chi connectivity index (χ0n) is 9.26. The lowest BCUT2D eigenvalue weighted by atomic mass is 10.1. The van der Waals surface area contributed by atoms with Crippen LogP contribution in [0.2, 0.25) is 5.02 Å². The normalized spacial score (nSPS) is 11.5. The Balaban J connectivity index is 2.72. The number of nitrogens with one attached hydrogen (secondary N) is 1. The fourth-order valence-electron chi connectivity index (χ4n) is 1.69. The van der Waals surface area contributed by atoms with Crippen LogP contribution in [0.5, 0.6) is 0 Å². The van der Waals surface area contributed by atoms with Crippen LogP contribution in [0, 0.1) is 0 Å². The van der Waals surface area contributed by atoms with Crippen molar-refractivity contribution in [1.29, 1.82) is 0 Å². The first-order valence-corrected chi connectivity index (χ1v) is 5.68. The van der Waals surface area contributed by atoms with Gasteiger partial charge in [0.2, 0.25) is 0 Å². The van der Waals surface area contributed by atoms with Gasteiger partial charge in [-0.05, 0) is 18.1 Å². The number of nitrogens with zero attached hydrogens (tertiary/aromatic N) is 1. The quantitative estimate of drug-likeness (QED) is 0.820. The van der Waals surface area contributed by atoms with Crippen LogP contribution in [0.25, 0.3) is 11.0 Å². The molecule has 0 radical (unpaired) electrons. The molecule has 2 rings (SSSR count). The van der Waals surface area contributed by atoms with Gasteiger partial charge in [0.25, 0.3) is 0 Å². The van der Waals surface area contributed by atoms with Crippen molar-refractivity contribution >= 4 is 22.6 Å². The predicted octanol–water partition coefficient (Wildman–Crippen LogP) is 3.90. The molecule has 80 valence electrons. The van der Waals surface area contributed by atoms with E-state index in [1.54, 1.807) is 0 Å². The van der Waals surface area contributed by atoms with Crippen LogP contribution < -0.4 is 0 Å². The maximum absolute atomic E-state index is 6.13. The van der Waals surface area contributed by atoms with Crippen molar-refractivity contribution in [2.75, 3.05) is 0 Å². The van der Waals surface area contributed by atoms with Crippen molar-refractivity contribution in [2.24, 2.45) is 0 Å². The predicted molar refractivity (Wildman–Crippen MR) is 64.6 cm³/mol. The summed E-state index contributed by atoms with van der Waals surface area (Å²) in [6, 6.07) is 3.99. The van der Waals surface area contributed by atoms with Gasteiger partial charge in [-0.15, -0.1) is 0 Å². The van der Waals surface area contributed by atoms with E-state index in [1.165, 1.54) is 5.56 Å². The molecule has 2 nitrogen and oxygen atoms in total. The largest absolute Gasteiger partial charge is 0.341 e. The number of H-pyrrole nitrogens is 1. The number of rotatable bonds is 2. The van der Waals surface area contributed by atoms with E-state index in [0.717, 1.165) is 28.3 Å². The molecule has 0 amide bonds. The smallest absolute Gasteiger partial charge is 0.109 e. The first kappa shape index (κ1) is 10.5. The molecule has 0 atom stereocenters. The van der Waals surface area contributed by atoms with E-state index in [4.69, 9.17) is 11.6 Å².